The van der Waals surface area contributed by atoms with Crippen molar-refractivity contribution in [2.75, 3.05) is 38.0 Å². The van der Waals surface area contributed by atoms with Crippen molar-refractivity contribution >= 4 is 34.7 Å². The molecule has 1 saturated heterocycles. The van der Waals surface area contributed by atoms with Crippen LogP contribution in [0.2, 0.25) is 4.34 Å². The van der Waals surface area contributed by atoms with E-state index >= 15 is 0 Å². The molecule has 0 unspecified atom stereocenters. The van der Waals surface area contributed by atoms with Gasteiger partial charge in [-0.15, -0.1) is 5.10 Å². The minimum atomic E-state index is -4.51. The van der Waals surface area contributed by atoms with Crippen molar-refractivity contribution in [3.63, 3.8) is 0 Å². The number of rotatable bonds is 5. The van der Waals surface area contributed by atoms with Crippen molar-refractivity contribution in [3.8, 4) is 0 Å². The van der Waals surface area contributed by atoms with E-state index < -0.39 is 17.6 Å². The number of halogens is 4. The minimum Gasteiger partial charge on any atom is -0.324 e. The fourth-order valence-electron chi connectivity index (χ4n) is 2.84. The van der Waals surface area contributed by atoms with Crippen LogP contribution in [0.5, 0.6) is 0 Å². The maximum atomic E-state index is 13.0. The average Bonchev–Trinajstić information content (AvgIpc) is 3.01. The Morgan fingerprint density at radius 2 is 1.85 bits per heavy atom. The third kappa shape index (κ3) is 5.38. The lowest BCUT2D eigenvalue weighted by Gasteiger charge is -2.33. The number of carbonyl (C=O) groups excluding carboxylic acids is 1. The van der Waals surface area contributed by atoms with Crippen LogP contribution in [0.1, 0.15) is 11.3 Å². The smallest absolute Gasteiger partial charge is 0.324 e. The van der Waals surface area contributed by atoms with E-state index in [9.17, 15) is 18.0 Å². The van der Waals surface area contributed by atoms with Gasteiger partial charge in [0, 0.05) is 44.3 Å². The van der Waals surface area contributed by atoms with Gasteiger partial charge in [0.05, 0.1) is 17.8 Å². The first kappa shape index (κ1) is 20.0. The molecule has 0 atom stereocenters. The number of amides is 1. The summed E-state index contributed by atoms with van der Waals surface area (Å²) in [6, 6.07) is 4.96. The zero-order valence-corrected chi connectivity index (χ0v) is 15.7. The lowest BCUT2D eigenvalue weighted by atomic mass is 10.1. The van der Waals surface area contributed by atoms with Crippen molar-refractivity contribution in [1.82, 2.24) is 19.4 Å². The fraction of sp³-hybridized carbons (Fsp3) is 0.438. The topological polar surface area (TPSA) is 61.4 Å². The van der Waals surface area contributed by atoms with Gasteiger partial charge in [-0.3, -0.25) is 14.6 Å². The number of alkyl halides is 3. The van der Waals surface area contributed by atoms with E-state index in [1.54, 1.807) is 0 Å². The van der Waals surface area contributed by atoms with Crippen LogP contribution in [0.15, 0.2) is 24.3 Å². The monoisotopic (exact) mass is 419 g/mol. The van der Waals surface area contributed by atoms with Gasteiger partial charge in [0.2, 0.25) is 5.91 Å². The van der Waals surface area contributed by atoms with Crippen LogP contribution in [-0.4, -0.2) is 58.0 Å². The summed E-state index contributed by atoms with van der Waals surface area (Å²) in [4.78, 5) is 16.2. The first-order valence-corrected chi connectivity index (χ1v) is 9.35. The highest BCUT2D eigenvalue weighted by Gasteiger charge is 2.33. The van der Waals surface area contributed by atoms with Crippen LogP contribution in [0.25, 0.3) is 0 Å². The molecule has 1 aromatic carbocycles. The lowest BCUT2D eigenvalue weighted by molar-refractivity contribution is -0.137. The standard InChI is InChI=1S/C16H17ClF3N5OS/c17-15-13(22-23-27-15)9-24-5-7-25(8-6-24)10-14(26)21-12-4-2-1-3-11(12)16(18,19)20/h1-4H,5-10H2,(H,21,26). The molecule has 1 N–H and O–H groups in total. The van der Waals surface area contributed by atoms with E-state index in [4.69, 9.17) is 11.6 Å². The van der Waals surface area contributed by atoms with E-state index in [1.807, 2.05) is 4.90 Å². The Labute approximate surface area is 163 Å². The molecule has 0 bridgehead atoms. The molecule has 0 radical (unpaired) electrons. The Morgan fingerprint density at radius 1 is 1.19 bits per heavy atom. The number of para-hydroxylation sites is 1. The quantitative estimate of drug-likeness (QED) is 0.807. The highest BCUT2D eigenvalue weighted by atomic mass is 35.5. The molecule has 2 heterocycles. The highest BCUT2D eigenvalue weighted by Crippen LogP contribution is 2.34. The lowest BCUT2D eigenvalue weighted by Crippen LogP contribution is -2.48. The predicted molar refractivity (Wildman–Crippen MR) is 96.7 cm³/mol. The van der Waals surface area contributed by atoms with Gasteiger partial charge in [-0.1, -0.05) is 28.2 Å². The zero-order chi connectivity index (χ0) is 19.4. The number of hydrogen-bond donors (Lipinski definition) is 1. The molecule has 0 spiro atoms. The van der Waals surface area contributed by atoms with Crippen LogP contribution < -0.4 is 5.32 Å². The molecular formula is C16H17ClF3N5OS. The van der Waals surface area contributed by atoms with Crippen molar-refractivity contribution in [1.29, 1.82) is 0 Å². The maximum Gasteiger partial charge on any atom is 0.418 e. The van der Waals surface area contributed by atoms with Gasteiger partial charge in [0.25, 0.3) is 0 Å². The molecule has 1 aliphatic heterocycles. The molecule has 0 saturated carbocycles. The van der Waals surface area contributed by atoms with Crippen molar-refractivity contribution in [2.45, 2.75) is 12.7 Å². The Bertz CT molecular complexity index is 792. The van der Waals surface area contributed by atoms with Crippen LogP contribution in [0.3, 0.4) is 0 Å². The highest BCUT2D eigenvalue weighted by molar-refractivity contribution is 7.10. The maximum absolute atomic E-state index is 13.0. The zero-order valence-electron chi connectivity index (χ0n) is 14.2. The van der Waals surface area contributed by atoms with Crippen LogP contribution in [0, 0.1) is 0 Å². The Balaban J connectivity index is 1.50. The van der Waals surface area contributed by atoms with Crippen LogP contribution in [-0.2, 0) is 17.5 Å². The second kappa shape index (κ2) is 8.51. The number of hydrogen-bond acceptors (Lipinski definition) is 6. The van der Waals surface area contributed by atoms with E-state index in [-0.39, 0.29) is 12.2 Å². The molecule has 1 amide bonds. The third-order valence-corrected chi connectivity index (χ3v) is 5.21. The molecule has 1 fully saturated rings. The molecule has 146 valence electrons. The SMILES string of the molecule is O=C(CN1CCN(Cc2nnsc2Cl)CC1)Nc1ccccc1C(F)(F)F. The summed E-state index contributed by atoms with van der Waals surface area (Å²) in [6.45, 7) is 3.31. The second-order valence-electron chi connectivity index (χ2n) is 6.14. The number of nitrogens with one attached hydrogen (secondary N) is 1. The summed E-state index contributed by atoms with van der Waals surface area (Å²) in [5.41, 5.74) is -0.340. The van der Waals surface area contributed by atoms with Gasteiger partial charge in [-0.25, -0.2) is 0 Å². The first-order chi connectivity index (χ1) is 12.8. The molecule has 3 rings (SSSR count). The van der Waals surface area contributed by atoms with Gasteiger partial charge >= 0.3 is 6.18 Å². The number of anilines is 1. The van der Waals surface area contributed by atoms with E-state index in [0.29, 0.717) is 37.1 Å². The van der Waals surface area contributed by atoms with Crippen LogP contribution >= 0.6 is 23.1 Å². The average molecular weight is 420 g/mol. The third-order valence-electron chi connectivity index (χ3n) is 4.22. The molecule has 11 heteroatoms. The van der Waals surface area contributed by atoms with E-state index in [0.717, 1.165) is 23.3 Å². The molecule has 1 aliphatic rings. The summed E-state index contributed by atoms with van der Waals surface area (Å²) < 4.78 is 43.4. The summed E-state index contributed by atoms with van der Waals surface area (Å²) in [6.07, 6.45) is -4.51. The van der Waals surface area contributed by atoms with Gasteiger partial charge in [0.1, 0.15) is 10.0 Å². The Kier molecular flexibility index (Phi) is 6.30. The Hall–Kier alpha value is -1.75. The summed E-state index contributed by atoms with van der Waals surface area (Å²) >= 11 is 7.14. The fourth-order valence-corrected chi connectivity index (χ4v) is 3.45. The molecule has 6 nitrogen and oxygen atoms in total. The van der Waals surface area contributed by atoms with E-state index in [1.165, 1.54) is 18.2 Å². The predicted octanol–water partition coefficient (Wildman–Crippen LogP) is 2.97. The van der Waals surface area contributed by atoms with Gasteiger partial charge in [0.15, 0.2) is 0 Å². The van der Waals surface area contributed by atoms with Crippen molar-refractivity contribution in [3.05, 3.63) is 39.9 Å². The van der Waals surface area contributed by atoms with Gasteiger partial charge in [-0.05, 0) is 12.1 Å². The normalized spacial score (nSPS) is 16.4. The second-order valence-corrected chi connectivity index (χ2v) is 7.49. The van der Waals surface area contributed by atoms with Crippen molar-refractivity contribution < 1.29 is 18.0 Å². The summed E-state index contributed by atoms with van der Waals surface area (Å²) in [7, 11) is 0. The van der Waals surface area contributed by atoms with Gasteiger partial charge < -0.3 is 5.32 Å². The largest absolute Gasteiger partial charge is 0.418 e. The van der Waals surface area contributed by atoms with Crippen LogP contribution in [0.4, 0.5) is 18.9 Å². The minimum absolute atomic E-state index is 0.0407. The summed E-state index contributed by atoms with van der Waals surface area (Å²) in [5.74, 6) is -0.466. The molecular weight excluding hydrogens is 403 g/mol. The number of benzene rings is 1. The Morgan fingerprint density at radius 3 is 2.48 bits per heavy atom. The molecule has 1 aromatic heterocycles. The van der Waals surface area contributed by atoms with E-state index in [2.05, 4.69) is 19.8 Å². The van der Waals surface area contributed by atoms with Crippen molar-refractivity contribution in [2.24, 2.45) is 0 Å². The van der Waals surface area contributed by atoms with Gasteiger partial charge in [-0.2, -0.15) is 13.2 Å². The first-order valence-electron chi connectivity index (χ1n) is 8.20. The number of aromatic nitrogens is 2. The number of carbonyl (C=O) groups is 1. The molecule has 27 heavy (non-hydrogen) atoms. The molecule has 2 aromatic rings. The number of piperazine rings is 1. The molecule has 0 aliphatic carbocycles. The number of nitrogens with zero attached hydrogens (tertiary/aromatic N) is 4. The summed E-state index contributed by atoms with van der Waals surface area (Å²) in [5, 5.41) is 6.35.